The molecule has 1 N–H and O–H groups in total. The van der Waals surface area contributed by atoms with Gasteiger partial charge in [0, 0.05) is 6.04 Å². The lowest BCUT2D eigenvalue weighted by atomic mass is 10.1. The van der Waals surface area contributed by atoms with Gasteiger partial charge in [-0.15, -0.1) is 0 Å². The van der Waals surface area contributed by atoms with Crippen LogP contribution in [0.25, 0.3) is 0 Å². The number of hydrogen-bond donors (Lipinski definition) is 1. The minimum Gasteiger partial charge on any atom is -0.352 e. The molecule has 0 bridgehead atoms. The number of amides is 2. The van der Waals surface area contributed by atoms with Crippen molar-refractivity contribution < 1.29 is 9.59 Å². The van der Waals surface area contributed by atoms with Gasteiger partial charge in [0.05, 0.1) is 23.5 Å². The number of carbonyl (C=O) groups excluding carboxylic acids is 2. The number of rotatable bonds is 7. The van der Waals surface area contributed by atoms with Gasteiger partial charge < -0.3 is 10.2 Å². The summed E-state index contributed by atoms with van der Waals surface area (Å²) < 4.78 is 0. The van der Waals surface area contributed by atoms with E-state index in [1.807, 2.05) is 80.6 Å². The van der Waals surface area contributed by atoms with E-state index in [-0.39, 0.29) is 30.8 Å². The molecule has 0 radical (unpaired) electrons. The van der Waals surface area contributed by atoms with E-state index >= 15 is 0 Å². The lowest BCUT2D eigenvalue weighted by molar-refractivity contribution is -0.123. The molecular weight excluding hydrogens is 410 g/mol. The summed E-state index contributed by atoms with van der Waals surface area (Å²) in [7, 11) is 0. The largest absolute Gasteiger partial charge is 0.352 e. The first-order valence-electron chi connectivity index (χ1n) is 11.4. The number of carbonyl (C=O) groups is 2. The van der Waals surface area contributed by atoms with Crippen molar-refractivity contribution in [3.8, 4) is 0 Å². The fourth-order valence-electron chi connectivity index (χ4n) is 3.99. The Morgan fingerprint density at radius 3 is 2.45 bits per heavy atom. The Morgan fingerprint density at radius 2 is 1.70 bits per heavy atom. The number of para-hydroxylation sites is 2. The van der Waals surface area contributed by atoms with E-state index in [1.165, 1.54) is 5.56 Å². The van der Waals surface area contributed by atoms with Crippen LogP contribution in [-0.2, 0) is 16.0 Å². The van der Waals surface area contributed by atoms with E-state index in [0.717, 1.165) is 24.0 Å². The zero-order valence-electron chi connectivity index (χ0n) is 19.1. The molecule has 0 aromatic heterocycles. The molecule has 0 aliphatic carbocycles. The van der Waals surface area contributed by atoms with Gasteiger partial charge in [-0.05, 0) is 49.9 Å². The summed E-state index contributed by atoms with van der Waals surface area (Å²) in [5, 5.41) is 3.05. The highest BCUT2D eigenvalue weighted by atomic mass is 16.2. The Hall–Kier alpha value is -3.73. The number of nitrogens with one attached hydrogen (secondary N) is 1. The molecule has 168 valence electrons. The predicted octanol–water partition coefficient (Wildman–Crippen LogP) is 4.99. The van der Waals surface area contributed by atoms with Gasteiger partial charge in [0.2, 0.25) is 11.8 Å². The second kappa shape index (κ2) is 10.3. The normalized spacial score (nSPS) is 14.2. The van der Waals surface area contributed by atoms with Crippen molar-refractivity contribution in [1.29, 1.82) is 0 Å². The zero-order valence-corrected chi connectivity index (χ0v) is 19.1. The number of benzene rings is 3. The average molecular weight is 440 g/mol. The van der Waals surface area contributed by atoms with Gasteiger partial charge >= 0.3 is 0 Å². The van der Waals surface area contributed by atoms with Crippen LogP contribution in [0.15, 0.2) is 83.9 Å². The van der Waals surface area contributed by atoms with Gasteiger partial charge in [-0.3, -0.25) is 14.6 Å². The van der Waals surface area contributed by atoms with Crippen LogP contribution >= 0.6 is 0 Å². The monoisotopic (exact) mass is 439 g/mol. The Morgan fingerprint density at radius 1 is 1.00 bits per heavy atom. The lowest BCUT2D eigenvalue weighted by Gasteiger charge is -2.23. The fourth-order valence-corrected chi connectivity index (χ4v) is 3.99. The SMILES string of the molecule is Cc1ccc(C2=Nc3ccccc3N(CC(=O)NC(C)CCc3ccccc3)C(=O)C2)cc1. The molecule has 3 aromatic rings. The van der Waals surface area contributed by atoms with Crippen molar-refractivity contribution in [3.05, 3.63) is 95.6 Å². The summed E-state index contributed by atoms with van der Waals surface area (Å²) >= 11 is 0. The predicted molar refractivity (Wildman–Crippen MR) is 133 cm³/mol. The highest BCUT2D eigenvalue weighted by molar-refractivity contribution is 6.18. The van der Waals surface area contributed by atoms with Gasteiger partial charge in [-0.1, -0.05) is 72.3 Å². The third kappa shape index (κ3) is 5.75. The highest BCUT2D eigenvalue weighted by Gasteiger charge is 2.26. The zero-order chi connectivity index (χ0) is 23.2. The van der Waals surface area contributed by atoms with Crippen LogP contribution in [-0.4, -0.2) is 30.1 Å². The third-order valence-corrected chi connectivity index (χ3v) is 5.85. The first-order chi connectivity index (χ1) is 16.0. The standard InChI is InChI=1S/C28H29N3O2/c1-20-12-16-23(17-13-20)25-18-28(33)31(26-11-7-6-10-24(26)30-25)19-27(32)29-21(2)14-15-22-8-4-3-5-9-22/h3-13,16-17,21H,14-15,18-19H2,1-2H3,(H,29,32). The van der Waals surface area contributed by atoms with Gasteiger partial charge in [0.1, 0.15) is 6.54 Å². The maximum atomic E-state index is 13.2. The van der Waals surface area contributed by atoms with Crippen LogP contribution in [0.1, 0.15) is 36.5 Å². The van der Waals surface area contributed by atoms with Gasteiger partial charge in [0.25, 0.3) is 0 Å². The summed E-state index contributed by atoms with van der Waals surface area (Å²) in [4.78, 5) is 32.4. The molecular formula is C28H29N3O2. The fraction of sp³-hybridized carbons (Fsp3) is 0.250. The van der Waals surface area contributed by atoms with E-state index in [1.54, 1.807) is 4.90 Å². The number of aliphatic imine (C=N–C) groups is 1. The van der Waals surface area contributed by atoms with Gasteiger partial charge in [-0.25, -0.2) is 0 Å². The number of anilines is 1. The van der Waals surface area contributed by atoms with Crippen LogP contribution in [0.4, 0.5) is 11.4 Å². The summed E-state index contributed by atoms with van der Waals surface area (Å²) in [5.74, 6) is -0.302. The molecule has 4 rings (SSSR count). The molecule has 1 unspecified atom stereocenters. The minimum absolute atomic E-state index is 0.00870. The number of fused-ring (bicyclic) bond motifs is 1. The second-order valence-electron chi connectivity index (χ2n) is 8.56. The minimum atomic E-state index is -0.169. The second-order valence-corrected chi connectivity index (χ2v) is 8.56. The molecule has 1 heterocycles. The molecule has 5 nitrogen and oxygen atoms in total. The van der Waals surface area contributed by atoms with Crippen molar-refractivity contribution in [1.82, 2.24) is 5.32 Å². The Labute approximate surface area is 195 Å². The molecule has 1 aliphatic heterocycles. The summed E-state index contributed by atoms with van der Waals surface area (Å²) in [6.45, 7) is 4.00. The maximum Gasteiger partial charge on any atom is 0.240 e. The van der Waals surface area contributed by atoms with Crippen LogP contribution in [0.3, 0.4) is 0 Å². The summed E-state index contributed by atoms with van der Waals surface area (Å²) in [6.07, 6.45) is 1.87. The molecule has 0 spiro atoms. The number of hydrogen-bond acceptors (Lipinski definition) is 3. The quantitative estimate of drug-likeness (QED) is 0.564. The van der Waals surface area contributed by atoms with Crippen molar-refractivity contribution >= 4 is 28.9 Å². The molecule has 2 amide bonds. The molecule has 0 saturated carbocycles. The van der Waals surface area contributed by atoms with E-state index in [9.17, 15) is 9.59 Å². The first kappa shape index (κ1) is 22.5. The summed E-state index contributed by atoms with van der Waals surface area (Å²) in [5.41, 5.74) is 5.40. The van der Waals surface area contributed by atoms with Crippen LogP contribution in [0, 0.1) is 6.92 Å². The molecule has 33 heavy (non-hydrogen) atoms. The summed E-state index contributed by atoms with van der Waals surface area (Å²) in [6, 6.07) is 25.7. The molecule has 0 saturated heterocycles. The Bertz CT molecular complexity index is 1150. The lowest BCUT2D eigenvalue weighted by Crippen LogP contribution is -2.43. The van der Waals surface area contributed by atoms with Crippen LogP contribution in [0.2, 0.25) is 0 Å². The number of nitrogens with zero attached hydrogens (tertiary/aromatic N) is 2. The Balaban J connectivity index is 1.45. The molecule has 1 aliphatic rings. The van der Waals surface area contributed by atoms with E-state index in [0.29, 0.717) is 17.1 Å². The molecule has 0 fully saturated rings. The van der Waals surface area contributed by atoms with Crippen molar-refractivity contribution in [2.24, 2.45) is 4.99 Å². The average Bonchev–Trinajstić information content (AvgIpc) is 2.95. The van der Waals surface area contributed by atoms with E-state index in [4.69, 9.17) is 4.99 Å². The number of aryl methyl sites for hydroxylation is 2. The van der Waals surface area contributed by atoms with E-state index in [2.05, 4.69) is 17.4 Å². The topological polar surface area (TPSA) is 61.8 Å². The van der Waals surface area contributed by atoms with Crippen LogP contribution < -0.4 is 10.2 Å². The van der Waals surface area contributed by atoms with Crippen molar-refractivity contribution in [2.45, 2.75) is 39.2 Å². The molecule has 3 aromatic carbocycles. The Kier molecular flexibility index (Phi) is 6.98. The van der Waals surface area contributed by atoms with Gasteiger partial charge in [0.15, 0.2) is 0 Å². The molecule has 5 heteroatoms. The van der Waals surface area contributed by atoms with Crippen molar-refractivity contribution in [2.75, 3.05) is 11.4 Å². The molecule has 1 atom stereocenters. The van der Waals surface area contributed by atoms with Gasteiger partial charge in [-0.2, -0.15) is 0 Å². The van der Waals surface area contributed by atoms with Crippen LogP contribution in [0.5, 0.6) is 0 Å². The maximum absolute atomic E-state index is 13.2. The van der Waals surface area contributed by atoms with Crippen molar-refractivity contribution in [3.63, 3.8) is 0 Å². The smallest absolute Gasteiger partial charge is 0.240 e. The third-order valence-electron chi connectivity index (χ3n) is 5.85. The highest BCUT2D eigenvalue weighted by Crippen LogP contribution is 2.32. The van der Waals surface area contributed by atoms with E-state index < -0.39 is 0 Å². The first-order valence-corrected chi connectivity index (χ1v) is 11.4.